The molecule has 5 unspecified atom stereocenters. The predicted molar refractivity (Wildman–Crippen MR) is 74.4 cm³/mol. The van der Waals surface area contributed by atoms with Crippen molar-refractivity contribution >= 4 is 5.91 Å². The molecule has 2 fully saturated rings. The number of hydrogen-bond acceptors (Lipinski definition) is 2. The molecule has 0 heterocycles. The zero-order valence-electron chi connectivity index (χ0n) is 11.8. The number of amides is 1. The molecule has 3 nitrogen and oxygen atoms in total. The van der Waals surface area contributed by atoms with Gasteiger partial charge in [-0.1, -0.05) is 31.9 Å². The summed E-state index contributed by atoms with van der Waals surface area (Å²) in [6.45, 7) is 2.30. The monoisotopic (exact) mass is 263 g/mol. The van der Waals surface area contributed by atoms with E-state index in [1.54, 1.807) is 0 Å². The van der Waals surface area contributed by atoms with Gasteiger partial charge in [-0.15, -0.1) is 0 Å². The lowest BCUT2D eigenvalue weighted by Crippen LogP contribution is -2.55. The zero-order valence-corrected chi connectivity index (χ0v) is 11.8. The maximum absolute atomic E-state index is 12.5. The van der Waals surface area contributed by atoms with E-state index in [0.717, 1.165) is 32.1 Å². The first-order chi connectivity index (χ1) is 9.12. The molecule has 3 heteroatoms. The Morgan fingerprint density at radius 1 is 1.42 bits per heavy atom. The molecule has 0 aromatic heterocycles. The molecule has 3 aliphatic carbocycles. The van der Waals surface area contributed by atoms with E-state index in [-0.39, 0.29) is 24.0 Å². The number of hydrogen-bond donors (Lipinski definition) is 2. The highest BCUT2D eigenvalue weighted by Crippen LogP contribution is 2.44. The van der Waals surface area contributed by atoms with Crippen molar-refractivity contribution < 1.29 is 9.90 Å². The van der Waals surface area contributed by atoms with Crippen LogP contribution in [0.25, 0.3) is 0 Å². The van der Waals surface area contributed by atoms with E-state index >= 15 is 0 Å². The highest BCUT2D eigenvalue weighted by Gasteiger charge is 2.43. The van der Waals surface area contributed by atoms with Gasteiger partial charge < -0.3 is 10.4 Å². The van der Waals surface area contributed by atoms with Crippen LogP contribution in [0.3, 0.4) is 0 Å². The minimum Gasteiger partial charge on any atom is -0.394 e. The first-order valence-corrected chi connectivity index (χ1v) is 7.73. The number of rotatable bonds is 3. The molecule has 19 heavy (non-hydrogen) atoms. The van der Waals surface area contributed by atoms with Gasteiger partial charge in [0.15, 0.2) is 0 Å². The lowest BCUT2D eigenvalue weighted by atomic mass is 9.76. The fraction of sp³-hybridized carbons (Fsp3) is 0.812. The van der Waals surface area contributed by atoms with Gasteiger partial charge in [0.1, 0.15) is 0 Å². The topological polar surface area (TPSA) is 49.3 Å². The normalized spacial score (nSPS) is 44.5. The molecule has 0 aromatic rings. The maximum atomic E-state index is 12.5. The molecule has 3 aliphatic rings. The molecule has 0 saturated heterocycles. The van der Waals surface area contributed by atoms with Crippen LogP contribution in [0.15, 0.2) is 12.2 Å². The molecule has 5 atom stereocenters. The number of allylic oxidation sites excluding steroid dienone is 2. The van der Waals surface area contributed by atoms with Gasteiger partial charge in [0.2, 0.25) is 5.91 Å². The molecule has 2 saturated carbocycles. The summed E-state index contributed by atoms with van der Waals surface area (Å²) in [7, 11) is 0. The average molecular weight is 263 g/mol. The molecule has 0 radical (unpaired) electrons. The number of nitrogens with one attached hydrogen (secondary N) is 1. The van der Waals surface area contributed by atoms with Crippen molar-refractivity contribution in [1.29, 1.82) is 0 Å². The standard InChI is InChI=1S/C16H25NO2/c1-11-3-2-6-16(9-11,10-18)17-15(19)14-8-12-4-5-13(14)7-12/h4-5,11-14,18H,2-3,6-10H2,1H3,(H,17,19). The fourth-order valence-corrected chi connectivity index (χ4v) is 4.39. The molecular formula is C16H25NO2. The summed E-state index contributed by atoms with van der Waals surface area (Å²) >= 11 is 0. The Morgan fingerprint density at radius 2 is 2.26 bits per heavy atom. The first-order valence-electron chi connectivity index (χ1n) is 7.73. The van der Waals surface area contributed by atoms with Crippen molar-refractivity contribution in [1.82, 2.24) is 5.32 Å². The molecule has 3 rings (SSSR count). The summed E-state index contributed by atoms with van der Waals surface area (Å²) in [6, 6.07) is 0. The van der Waals surface area contributed by atoms with Crippen LogP contribution in [-0.2, 0) is 4.79 Å². The van der Waals surface area contributed by atoms with Gasteiger partial charge in [-0.3, -0.25) is 4.79 Å². The number of carbonyl (C=O) groups excluding carboxylic acids is 1. The third kappa shape index (κ3) is 2.45. The van der Waals surface area contributed by atoms with Crippen molar-refractivity contribution in [2.75, 3.05) is 6.61 Å². The van der Waals surface area contributed by atoms with Gasteiger partial charge in [0.05, 0.1) is 12.1 Å². The van der Waals surface area contributed by atoms with Crippen molar-refractivity contribution in [2.24, 2.45) is 23.7 Å². The van der Waals surface area contributed by atoms with Crippen molar-refractivity contribution in [3.63, 3.8) is 0 Å². The van der Waals surface area contributed by atoms with Crippen LogP contribution >= 0.6 is 0 Å². The molecule has 0 aromatic carbocycles. The van der Waals surface area contributed by atoms with Gasteiger partial charge in [0, 0.05) is 5.92 Å². The van der Waals surface area contributed by atoms with Gasteiger partial charge in [-0.2, -0.15) is 0 Å². The Labute approximate surface area is 115 Å². The highest BCUT2D eigenvalue weighted by atomic mass is 16.3. The van der Waals surface area contributed by atoms with Gasteiger partial charge in [-0.05, 0) is 43.4 Å². The summed E-state index contributed by atoms with van der Waals surface area (Å²) in [5.41, 5.74) is -0.347. The van der Waals surface area contributed by atoms with Crippen LogP contribution in [0.1, 0.15) is 45.4 Å². The SMILES string of the molecule is CC1CCCC(CO)(NC(=O)C2CC3C=CC2C3)C1. The maximum Gasteiger partial charge on any atom is 0.224 e. The predicted octanol–water partition coefficient (Wildman–Crippen LogP) is 2.26. The molecular weight excluding hydrogens is 238 g/mol. The van der Waals surface area contributed by atoms with E-state index in [4.69, 9.17) is 0 Å². The van der Waals surface area contributed by atoms with E-state index in [2.05, 4.69) is 24.4 Å². The van der Waals surface area contributed by atoms with E-state index < -0.39 is 0 Å². The van der Waals surface area contributed by atoms with Gasteiger partial charge >= 0.3 is 0 Å². The zero-order chi connectivity index (χ0) is 13.5. The van der Waals surface area contributed by atoms with E-state index in [9.17, 15) is 9.90 Å². The fourth-order valence-electron chi connectivity index (χ4n) is 4.39. The molecule has 2 bridgehead atoms. The summed E-state index contributed by atoms with van der Waals surface area (Å²) in [5, 5.41) is 13.0. The Kier molecular flexibility index (Phi) is 3.42. The lowest BCUT2D eigenvalue weighted by molar-refractivity contribution is -0.129. The molecule has 106 valence electrons. The third-order valence-corrected chi connectivity index (χ3v) is 5.40. The third-order valence-electron chi connectivity index (χ3n) is 5.40. The van der Waals surface area contributed by atoms with Crippen molar-refractivity contribution in [2.45, 2.75) is 51.0 Å². The number of aliphatic hydroxyl groups excluding tert-OH is 1. The van der Waals surface area contributed by atoms with Crippen LogP contribution in [0, 0.1) is 23.7 Å². The van der Waals surface area contributed by atoms with E-state index in [1.165, 1.54) is 6.42 Å². The number of carbonyl (C=O) groups is 1. The second kappa shape index (κ2) is 4.93. The molecule has 1 amide bonds. The minimum atomic E-state index is -0.347. The number of fused-ring (bicyclic) bond motifs is 2. The largest absolute Gasteiger partial charge is 0.394 e. The van der Waals surface area contributed by atoms with E-state index in [0.29, 0.717) is 17.8 Å². The summed E-state index contributed by atoms with van der Waals surface area (Å²) in [6.07, 6.45) is 10.8. The quantitative estimate of drug-likeness (QED) is 0.767. The highest BCUT2D eigenvalue weighted by molar-refractivity contribution is 5.80. The Morgan fingerprint density at radius 3 is 2.84 bits per heavy atom. The average Bonchev–Trinajstić information content (AvgIpc) is 3.01. The minimum absolute atomic E-state index is 0.0831. The Hall–Kier alpha value is -0.830. The molecule has 0 aliphatic heterocycles. The Bertz CT molecular complexity index is 392. The second-order valence-corrected chi connectivity index (χ2v) is 7.02. The van der Waals surface area contributed by atoms with Crippen LogP contribution in [0.4, 0.5) is 0 Å². The smallest absolute Gasteiger partial charge is 0.224 e. The second-order valence-electron chi connectivity index (χ2n) is 7.02. The first kappa shape index (κ1) is 13.2. The van der Waals surface area contributed by atoms with E-state index in [1.807, 2.05) is 0 Å². The number of aliphatic hydroxyl groups is 1. The van der Waals surface area contributed by atoms with Crippen molar-refractivity contribution in [3.8, 4) is 0 Å². The van der Waals surface area contributed by atoms with Crippen molar-refractivity contribution in [3.05, 3.63) is 12.2 Å². The van der Waals surface area contributed by atoms with Gasteiger partial charge in [-0.25, -0.2) is 0 Å². The van der Waals surface area contributed by atoms with Crippen LogP contribution in [0.2, 0.25) is 0 Å². The summed E-state index contributed by atoms with van der Waals surface area (Å²) in [4.78, 5) is 12.5. The summed E-state index contributed by atoms with van der Waals surface area (Å²) < 4.78 is 0. The van der Waals surface area contributed by atoms with Gasteiger partial charge in [0.25, 0.3) is 0 Å². The van der Waals surface area contributed by atoms with Crippen LogP contribution in [0.5, 0.6) is 0 Å². The lowest BCUT2D eigenvalue weighted by Gasteiger charge is -2.40. The molecule has 2 N–H and O–H groups in total. The van der Waals surface area contributed by atoms with Crippen LogP contribution in [-0.4, -0.2) is 23.2 Å². The van der Waals surface area contributed by atoms with Crippen LogP contribution < -0.4 is 5.32 Å². The summed E-state index contributed by atoms with van der Waals surface area (Å²) in [5.74, 6) is 2.00. The Balaban J connectivity index is 1.66. The molecule has 0 spiro atoms.